The molecule has 2 N–H and O–H groups in total. The Morgan fingerprint density at radius 3 is 2.67 bits per heavy atom. The molecule has 3 heteroatoms. The van der Waals surface area contributed by atoms with Crippen LogP contribution >= 0.6 is 0 Å². The standard InChI is InChI=1S/C12H14O3/c1-8(11(13)14)9-3-2-4-10(7-9)12(15)5-6-12/h2-4,7-8,15H,5-6H2,1H3,(H,13,14). The fourth-order valence-electron chi connectivity index (χ4n) is 1.65. The Morgan fingerprint density at radius 1 is 1.47 bits per heavy atom. The summed E-state index contributed by atoms with van der Waals surface area (Å²) in [7, 11) is 0. The van der Waals surface area contributed by atoms with E-state index in [2.05, 4.69) is 0 Å². The third-order valence-corrected chi connectivity index (χ3v) is 3.02. The molecule has 1 aliphatic carbocycles. The molecule has 15 heavy (non-hydrogen) atoms. The largest absolute Gasteiger partial charge is 0.481 e. The molecule has 80 valence electrons. The Kier molecular flexibility index (Phi) is 2.27. The van der Waals surface area contributed by atoms with Gasteiger partial charge in [0.25, 0.3) is 0 Å². The van der Waals surface area contributed by atoms with Gasteiger partial charge in [-0.15, -0.1) is 0 Å². The smallest absolute Gasteiger partial charge is 0.310 e. The number of rotatable bonds is 3. The lowest BCUT2D eigenvalue weighted by Crippen LogP contribution is -2.10. The van der Waals surface area contributed by atoms with Gasteiger partial charge in [0, 0.05) is 0 Å². The highest BCUT2D eigenvalue weighted by molar-refractivity contribution is 5.75. The number of aliphatic carboxylic acids is 1. The minimum Gasteiger partial charge on any atom is -0.481 e. The van der Waals surface area contributed by atoms with Gasteiger partial charge in [-0.3, -0.25) is 4.79 Å². The van der Waals surface area contributed by atoms with Gasteiger partial charge in [-0.2, -0.15) is 0 Å². The molecule has 1 aliphatic rings. The highest BCUT2D eigenvalue weighted by atomic mass is 16.4. The second kappa shape index (κ2) is 3.35. The lowest BCUT2D eigenvalue weighted by molar-refractivity contribution is -0.138. The van der Waals surface area contributed by atoms with Crippen LogP contribution in [0.5, 0.6) is 0 Å². The van der Waals surface area contributed by atoms with Crippen LogP contribution in [0.15, 0.2) is 24.3 Å². The summed E-state index contributed by atoms with van der Waals surface area (Å²) in [5.41, 5.74) is 0.905. The van der Waals surface area contributed by atoms with E-state index in [9.17, 15) is 9.90 Å². The van der Waals surface area contributed by atoms with Crippen LogP contribution in [-0.4, -0.2) is 16.2 Å². The van der Waals surface area contributed by atoms with Crippen LogP contribution in [0.3, 0.4) is 0 Å². The van der Waals surface area contributed by atoms with E-state index in [1.807, 2.05) is 6.07 Å². The molecule has 0 aliphatic heterocycles. The number of benzene rings is 1. The van der Waals surface area contributed by atoms with Gasteiger partial charge in [-0.05, 0) is 30.9 Å². The normalized spacial score (nSPS) is 19.6. The number of hydrogen-bond donors (Lipinski definition) is 2. The first kappa shape index (κ1) is 10.2. The van der Waals surface area contributed by atoms with E-state index in [1.54, 1.807) is 25.1 Å². The minimum atomic E-state index is -0.838. The molecule has 1 aromatic rings. The van der Waals surface area contributed by atoms with Crippen LogP contribution in [0.1, 0.15) is 36.8 Å². The molecular weight excluding hydrogens is 192 g/mol. The molecule has 3 nitrogen and oxygen atoms in total. The van der Waals surface area contributed by atoms with Crippen molar-refractivity contribution in [2.24, 2.45) is 0 Å². The number of carboxylic acid groups (broad SMARTS) is 1. The summed E-state index contributed by atoms with van der Waals surface area (Å²) >= 11 is 0. The number of carbonyl (C=O) groups is 1. The van der Waals surface area contributed by atoms with Gasteiger partial charge in [-0.25, -0.2) is 0 Å². The number of carboxylic acids is 1. The lowest BCUT2D eigenvalue weighted by atomic mass is 9.97. The molecule has 1 fully saturated rings. The zero-order valence-electron chi connectivity index (χ0n) is 8.60. The Bertz CT molecular complexity index is 394. The maximum absolute atomic E-state index is 10.8. The van der Waals surface area contributed by atoms with E-state index in [-0.39, 0.29) is 0 Å². The van der Waals surface area contributed by atoms with Crippen LogP contribution in [0, 0.1) is 0 Å². The summed E-state index contributed by atoms with van der Waals surface area (Å²) in [5, 5.41) is 18.8. The molecule has 0 radical (unpaired) electrons. The van der Waals surface area contributed by atoms with Crippen molar-refractivity contribution in [1.82, 2.24) is 0 Å². The fourth-order valence-corrected chi connectivity index (χ4v) is 1.65. The fraction of sp³-hybridized carbons (Fsp3) is 0.417. The van der Waals surface area contributed by atoms with Gasteiger partial charge in [0.05, 0.1) is 11.5 Å². The molecule has 0 bridgehead atoms. The van der Waals surface area contributed by atoms with Gasteiger partial charge >= 0.3 is 5.97 Å². The Labute approximate surface area is 88.4 Å². The lowest BCUT2D eigenvalue weighted by Gasteiger charge is -2.12. The van der Waals surface area contributed by atoms with Gasteiger partial charge in [0.1, 0.15) is 0 Å². The summed E-state index contributed by atoms with van der Waals surface area (Å²) in [6, 6.07) is 7.24. The van der Waals surface area contributed by atoms with E-state index < -0.39 is 17.5 Å². The summed E-state index contributed by atoms with van der Waals surface area (Å²) in [4.78, 5) is 10.8. The van der Waals surface area contributed by atoms with Crippen LogP contribution < -0.4 is 0 Å². The molecule has 1 aromatic carbocycles. The summed E-state index contributed by atoms with van der Waals surface area (Å²) in [6.07, 6.45) is 1.55. The van der Waals surface area contributed by atoms with Crippen molar-refractivity contribution in [3.8, 4) is 0 Å². The van der Waals surface area contributed by atoms with Crippen LogP contribution in [-0.2, 0) is 10.4 Å². The quantitative estimate of drug-likeness (QED) is 0.793. The molecule has 0 heterocycles. The van der Waals surface area contributed by atoms with Gasteiger partial charge in [-0.1, -0.05) is 24.3 Å². The van der Waals surface area contributed by atoms with E-state index >= 15 is 0 Å². The van der Waals surface area contributed by atoms with Gasteiger partial charge in [0.2, 0.25) is 0 Å². The molecule has 1 saturated carbocycles. The first-order valence-corrected chi connectivity index (χ1v) is 5.08. The van der Waals surface area contributed by atoms with Crippen molar-refractivity contribution in [1.29, 1.82) is 0 Å². The molecule has 0 saturated heterocycles. The zero-order valence-corrected chi connectivity index (χ0v) is 8.60. The van der Waals surface area contributed by atoms with E-state index in [1.165, 1.54) is 0 Å². The second-order valence-electron chi connectivity index (χ2n) is 4.22. The Hall–Kier alpha value is -1.35. The highest BCUT2D eigenvalue weighted by Crippen LogP contribution is 2.45. The molecule has 0 spiro atoms. The average Bonchev–Trinajstić information content (AvgIpc) is 2.97. The van der Waals surface area contributed by atoms with Crippen molar-refractivity contribution in [2.75, 3.05) is 0 Å². The molecule has 1 atom stereocenters. The van der Waals surface area contributed by atoms with Crippen LogP contribution in [0.4, 0.5) is 0 Å². The van der Waals surface area contributed by atoms with Gasteiger partial charge in [0.15, 0.2) is 0 Å². The van der Waals surface area contributed by atoms with Crippen molar-refractivity contribution < 1.29 is 15.0 Å². The van der Waals surface area contributed by atoms with Gasteiger partial charge < -0.3 is 10.2 Å². The van der Waals surface area contributed by atoms with Crippen molar-refractivity contribution in [2.45, 2.75) is 31.3 Å². The molecular formula is C12H14O3. The van der Waals surface area contributed by atoms with Crippen LogP contribution in [0.2, 0.25) is 0 Å². The molecule has 0 amide bonds. The van der Waals surface area contributed by atoms with Crippen molar-refractivity contribution in [3.05, 3.63) is 35.4 Å². The monoisotopic (exact) mass is 206 g/mol. The minimum absolute atomic E-state index is 0.521. The summed E-state index contributed by atoms with van der Waals surface area (Å²) in [5.74, 6) is -1.36. The van der Waals surface area contributed by atoms with Crippen LogP contribution in [0.25, 0.3) is 0 Å². The van der Waals surface area contributed by atoms with Crippen molar-refractivity contribution in [3.63, 3.8) is 0 Å². The predicted molar refractivity (Wildman–Crippen MR) is 55.6 cm³/mol. The predicted octanol–water partition coefficient (Wildman–Crippen LogP) is 1.86. The average molecular weight is 206 g/mol. The first-order chi connectivity index (χ1) is 7.03. The molecule has 0 aromatic heterocycles. The third kappa shape index (κ3) is 1.88. The van der Waals surface area contributed by atoms with E-state index in [0.29, 0.717) is 0 Å². The summed E-state index contributed by atoms with van der Waals surface area (Å²) < 4.78 is 0. The summed E-state index contributed by atoms with van der Waals surface area (Å²) in [6.45, 7) is 1.65. The second-order valence-corrected chi connectivity index (χ2v) is 4.22. The maximum atomic E-state index is 10.8. The molecule has 1 unspecified atom stereocenters. The molecule has 2 rings (SSSR count). The topological polar surface area (TPSA) is 57.5 Å². The third-order valence-electron chi connectivity index (χ3n) is 3.02. The zero-order chi connectivity index (χ0) is 11.1. The SMILES string of the molecule is CC(C(=O)O)c1cccc(C2(O)CC2)c1. The number of hydrogen-bond acceptors (Lipinski definition) is 2. The number of aliphatic hydroxyl groups is 1. The van der Waals surface area contributed by atoms with E-state index in [4.69, 9.17) is 5.11 Å². The Morgan fingerprint density at radius 2 is 2.13 bits per heavy atom. The van der Waals surface area contributed by atoms with E-state index in [0.717, 1.165) is 24.0 Å². The first-order valence-electron chi connectivity index (χ1n) is 5.08. The maximum Gasteiger partial charge on any atom is 0.310 e. The highest BCUT2D eigenvalue weighted by Gasteiger charge is 2.42. The Balaban J connectivity index is 2.30. The van der Waals surface area contributed by atoms with Crippen molar-refractivity contribution >= 4 is 5.97 Å².